The van der Waals surface area contributed by atoms with Gasteiger partial charge in [0.15, 0.2) is 11.6 Å². The average Bonchev–Trinajstić information content (AvgIpc) is 4.40. The molecule has 418 valence electrons. The number of ether oxygens (including phenoxy) is 5. The number of aryl methyl sites for hydroxylation is 3. The second kappa shape index (κ2) is 24.3. The third-order valence-corrected chi connectivity index (χ3v) is 13.6. The maximum atomic E-state index is 12.8. The first-order chi connectivity index (χ1) is 37.4. The highest BCUT2D eigenvalue weighted by molar-refractivity contribution is 6.30. The Morgan fingerprint density at radius 3 is 1.44 bits per heavy atom. The van der Waals surface area contributed by atoms with E-state index in [9.17, 15) is 9.59 Å². The molecule has 0 atom stereocenters. The molecule has 0 radical (unpaired) electrons. The molecular weight excluding hydrogens is 1020 g/mol. The van der Waals surface area contributed by atoms with Crippen LogP contribution in [0, 0.1) is 20.8 Å². The van der Waals surface area contributed by atoms with E-state index in [-0.39, 0.29) is 12.2 Å². The molecule has 3 fully saturated rings. The molecule has 0 spiro atoms. The van der Waals surface area contributed by atoms with Crippen LogP contribution in [0.2, 0.25) is 5.15 Å². The van der Waals surface area contributed by atoms with Gasteiger partial charge >= 0.3 is 12.2 Å². The standard InChI is InChI=1S/C20H27N5O3.C16H22ClN3O3.C15H19N5O.C4H6N2/c1-14-5-8-25(22-14)17-13-16-15(18(21-17)23-9-11-27-12-10-23)6-7-24(16)19(26)28-20(2,3)4;1-16(2,3)23-15(21)20-5-4-11-12(20)10-13(17)18-14(11)19-6-8-22-9-7-19;1-11-3-5-20(18-11)14-10-13-12(2-4-16-13)15(17-14)19-6-8-21-9-7-19;1-4-2-3-5-6-4/h5,8,13H,6-7,9-12H2,1-4H3;10H,4-9H2,1-3H3;3,5,10,16H,2,4,6-9H2,1H3;2-3H,1H3,(H,5,6). The molecular formula is C55H74ClN15O7. The molecule has 2 N–H and O–H groups in total. The smallest absolute Gasteiger partial charge is 0.414 e. The molecule has 6 aromatic rings. The largest absolute Gasteiger partial charge is 0.443 e. The van der Waals surface area contributed by atoms with Gasteiger partial charge in [-0.25, -0.2) is 33.9 Å². The molecule has 6 aliphatic rings. The van der Waals surface area contributed by atoms with E-state index in [1.807, 2.05) is 104 Å². The first kappa shape index (κ1) is 55.7. The molecule has 6 aromatic heterocycles. The number of nitrogens with one attached hydrogen (secondary N) is 2. The molecule has 23 heteroatoms. The van der Waals surface area contributed by atoms with Gasteiger partial charge < -0.3 is 43.7 Å². The van der Waals surface area contributed by atoms with Crippen LogP contribution in [-0.2, 0) is 42.9 Å². The molecule has 22 nitrogen and oxygen atoms in total. The van der Waals surface area contributed by atoms with Crippen molar-refractivity contribution >= 4 is 58.3 Å². The third kappa shape index (κ3) is 13.8. The maximum Gasteiger partial charge on any atom is 0.414 e. The van der Waals surface area contributed by atoms with Gasteiger partial charge in [0.2, 0.25) is 0 Å². The molecule has 0 saturated carbocycles. The number of H-pyrrole nitrogens is 1. The van der Waals surface area contributed by atoms with Crippen LogP contribution < -0.4 is 29.8 Å². The fraction of sp³-hybridized carbons (Fsp3) is 0.527. The zero-order valence-electron chi connectivity index (χ0n) is 46.5. The van der Waals surface area contributed by atoms with Gasteiger partial charge in [0.1, 0.15) is 33.8 Å². The van der Waals surface area contributed by atoms with E-state index in [0.717, 1.165) is 141 Å². The van der Waals surface area contributed by atoms with Crippen molar-refractivity contribution in [2.45, 2.75) is 92.8 Å². The maximum absolute atomic E-state index is 12.8. The summed E-state index contributed by atoms with van der Waals surface area (Å²) in [6, 6.07) is 11.6. The van der Waals surface area contributed by atoms with Crippen molar-refractivity contribution in [3.05, 3.63) is 93.9 Å². The van der Waals surface area contributed by atoms with Crippen molar-refractivity contribution in [3.8, 4) is 11.6 Å². The fourth-order valence-corrected chi connectivity index (χ4v) is 9.92. The minimum atomic E-state index is -0.540. The van der Waals surface area contributed by atoms with Gasteiger partial charge in [-0.15, -0.1) is 0 Å². The lowest BCUT2D eigenvalue weighted by atomic mass is 10.1. The summed E-state index contributed by atoms with van der Waals surface area (Å²) in [6.07, 6.45) is 7.46. The summed E-state index contributed by atoms with van der Waals surface area (Å²) in [4.78, 5) is 49.6. The Kier molecular flexibility index (Phi) is 17.4. The molecule has 12 rings (SSSR count). The minimum Gasteiger partial charge on any atom is -0.443 e. The SMILES string of the molecule is CC(C)(C)OC(=O)N1CCc2c1cc(Cl)nc2N1CCOCC1.Cc1ccn(-c2cc3c(c(N4CCOCC4)n2)CCN3)n1.Cc1ccn(-c2cc3c(c(N4CCOCC4)n2)CCN3C(=O)OC(C)(C)C)n1.Cc1ccn[nH]1. The number of rotatable bonds is 5. The predicted molar refractivity (Wildman–Crippen MR) is 301 cm³/mol. The highest BCUT2D eigenvalue weighted by Gasteiger charge is 2.35. The summed E-state index contributed by atoms with van der Waals surface area (Å²) >= 11 is 6.20. The summed E-state index contributed by atoms with van der Waals surface area (Å²) in [5.41, 5.74) is 8.27. The normalized spacial score (nSPS) is 16.9. The Labute approximate surface area is 461 Å². The number of pyridine rings is 3. The molecule has 78 heavy (non-hydrogen) atoms. The van der Waals surface area contributed by atoms with E-state index < -0.39 is 11.2 Å². The van der Waals surface area contributed by atoms with Crippen LogP contribution in [0.15, 0.2) is 55.0 Å². The van der Waals surface area contributed by atoms with Gasteiger partial charge in [-0.2, -0.15) is 15.3 Å². The van der Waals surface area contributed by atoms with E-state index in [1.165, 1.54) is 11.3 Å². The first-order valence-electron chi connectivity index (χ1n) is 26.9. The van der Waals surface area contributed by atoms with Gasteiger partial charge in [-0.05, 0) is 106 Å². The number of morpholine rings is 3. The van der Waals surface area contributed by atoms with Crippen molar-refractivity contribution in [1.82, 2.24) is 44.7 Å². The second-order valence-corrected chi connectivity index (χ2v) is 22.1. The number of amides is 2. The van der Waals surface area contributed by atoms with Gasteiger partial charge in [-0.1, -0.05) is 11.6 Å². The van der Waals surface area contributed by atoms with Gasteiger partial charge in [0, 0.05) is 118 Å². The van der Waals surface area contributed by atoms with Gasteiger partial charge in [0.05, 0.1) is 62.4 Å². The van der Waals surface area contributed by atoms with Crippen molar-refractivity contribution in [2.75, 3.05) is 128 Å². The van der Waals surface area contributed by atoms with E-state index in [0.29, 0.717) is 50.5 Å². The summed E-state index contributed by atoms with van der Waals surface area (Å²) in [5, 5.41) is 19.3. The minimum absolute atomic E-state index is 0.326. The molecule has 0 bridgehead atoms. The molecule has 12 heterocycles. The number of anilines is 6. The lowest BCUT2D eigenvalue weighted by Crippen LogP contribution is -2.37. The van der Waals surface area contributed by atoms with Gasteiger partial charge in [-0.3, -0.25) is 14.9 Å². The van der Waals surface area contributed by atoms with E-state index in [1.54, 1.807) is 26.7 Å². The van der Waals surface area contributed by atoms with Crippen LogP contribution in [0.1, 0.15) is 75.3 Å². The Balaban J connectivity index is 0.000000136. The van der Waals surface area contributed by atoms with Crippen molar-refractivity contribution < 1.29 is 33.3 Å². The van der Waals surface area contributed by atoms with Crippen LogP contribution in [0.25, 0.3) is 11.6 Å². The summed E-state index contributed by atoms with van der Waals surface area (Å²) in [6.45, 7) is 28.5. The Morgan fingerprint density at radius 2 is 1.03 bits per heavy atom. The third-order valence-electron chi connectivity index (χ3n) is 13.4. The Morgan fingerprint density at radius 1 is 0.577 bits per heavy atom. The number of nitrogens with zero attached hydrogens (tertiary/aromatic N) is 13. The highest BCUT2D eigenvalue weighted by atomic mass is 35.5. The number of aromatic amines is 1. The monoisotopic (exact) mass is 1090 g/mol. The number of halogens is 1. The van der Waals surface area contributed by atoms with E-state index in [4.69, 9.17) is 45.3 Å². The van der Waals surface area contributed by atoms with Crippen LogP contribution in [0.5, 0.6) is 0 Å². The van der Waals surface area contributed by atoms with Crippen LogP contribution in [-0.4, -0.2) is 167 Å². The van der Waals surface area contributed by atoms with Crippen molar-refractivity contribution in [2.24, 2.45) is 0 Å². The summed E-state index contributed by atoms with van der Waals surface area (Å²) in [7, 11) is 0. The summed E-state index contributed by atoms with van der Waals surface area (Å²) in [5.74, 6) is 4.43. The lowest BCUT2D eigenvalue weighted by molar-refractivity contribution is 0.0573. The Bertz CT molecular complexity index is 3010. The lowest BCUT2D eigenvalue weighted by Gasteiger charge is -2.30. The van der Waals surface area contributed by atoms with Gasteiger partial charge in [0.25, 0.3) is 0 Å². The zero-order valence-corrected chi connectivity index (χ0v) is 47.2. The molecule has 0 unspecified atom stereocenters. The molecule has 2 amide bonds. The second-order valence-electron chi connectivity index (χ2n) is 21.7. The highest BCUT2D eigenvalue weighted by Crippen LogP contribution is 2.39. The van der Waals surface area contributed by atoms with Crippen LogP contribution in [0.4, 0.5) is 44.1 Å². The fourth-order valence-electron chi connectivity index (χ4n) is 9.74. The first-order valence-corrected chi connectivity index (χ1v) is 27.3. The van der Waals surface area contributed by atoms with Crippen molar-refractivity contribution in [1.29, 1.82) is 0 Å². The van der Waals surface area contributed by atoms with E-state index in [2.05, 4.69) is 51.5 Å². The number of aromatic nitrogens is 9. The van der Waals surface area contributed by atoms with E-state index >= 15 is 0 Å². The van der Waals surface area contributed by atoms with Crippen molar-refractivity contribution in [3.63, 3.8) is 0 Å². The summed E-state index contributed by atoms with van der Waals surface area (Å²) < 4.78 is 31.1. The molecule has 0 aliphatic carbocycles. The van der Waals surface area contributed by atoms with Crippen LogP contribution in [0.3, 0.4) is 0 Å². The number of hydrogen-bond donors (Lipinski definition) is 2. The number of carbonyl (C=O) groups excluding carboxylic acids is 2. The number of hydrogen-bond acceptors (Lipinski definition) is 17. The molecule has 0 aromatic carbocycles. The molecule has 3 saturated heterocycles. The number of fused-ring (bicyclic) bond motifs is 3. The topological polar surface area (TPSA) is 212 Å². The average molecular weight is 1090 g/mol. The quantitative estimate of drug-likeness (QED) is 0.159. The molecule has 6 aliphatic heterocycles. The predicted octanol–water partition coefficient (Wildman–Crippen LogP) is 7.68. The van der Waals surface area contributed by atoms with Crippen LogP contribution >= 0.6 is 11.6 Å². The zero-order chi connectivity index (χ0) is 55.1. The Hall–Kier alpha value is -7.01. The number of carbonyl (C=O) groups is 2.